The Hall–Kier alpha value is -6.88. The molecule has 0 saturated carbocycles. The second kappa shape index (κ2) is 12.4. The van der Waals surface area contributed by atoms with E-state index in [2.05, 4.69) is 193 Å². The molecule has 0 atom stereocenters. The Morgan fingerprint density at radius 2 is 0.926 bits per heavy atom. The van der Waals surface area contributed by atoms with Gasteiger partial charge in [0, 0.05) is 53.1 Å². The van der Waals surface area contributed by atoms with E-state index in [0.29, 0.717) is 0 Å². The maximum absolute atomic E-state index is 5.26. The molecule has 0 unspecified atom stereocenters. The van der Waals surface area contributed by atoms with Gasteiger partial charge >= 0.3 is 0 Å². The molecule has 0 aliphatic heterocycles. The lowest BCUT2D eigenvalue weighted by Gasteiger charge is -2.12. The van der Waals surface area contributed by atoms with Gasteiger partial charge in [-0.1, -0.05) is 127 Å². The molecule has 0 radical (unpaired) electrons. The van der Waals surface area contributed by atoms with E-state index in [1.54, 1.807) is 0 Å². The van der Waals surface area contributed by atoms with Crippen molar-refractivity contribution in [1.29, 1.82) is 0 Å². The normalized spacial score (nSPS) is 11.7. The average molecular weight is 706 g/mol. The lowest BCUT2D eigenvalue weighted by Crippen LogP contribution is -1.96. The number of rotatable bonds is 5. The number of para-hydroxylation sites is 2. The van der Waals surface area contributed by atoms with Crippen LogP contribution in [0.4, 0.5) is 0 Å². The van der Waals surface area contributed by atoms with Crippen molar-refractivity contribution in [3.63, 3.8) is 0 Å². The highest BCUT2D eigenvalue weighted by Crippen LogP contribution is 2.39. The zero-order valence-corrected chi connectivity index (χ0v) is 30.0. The molecule has 0 N–H and O–H groups in total. The lowest BCUT2D eigenvalue weighted by atomic mass is 9.98. The summed E-state index contributed by atoms with van der Waals surface area (Å²) >= 11 is 1.85. The first-order valence-corrected chi connectivity index (χ1v) is 19.1. The number of benzene rings is 8. The number of hydrogen-bond donors (Lipinski definition) is 0. The predicted octanol–water partition coefficient (Wildman–Crippen LogP) is 13.8. The summed E-state index contributed by atoms with van der Waals surface area (Å²) < 4.78 is 4.99. The first kappa shape index (κ1) is 30.7. The molecule has 0 saturated heterocycles. The molecule has 54 heavy (non-hydrogen) atoms. The smallest absolute Gasteiger partial charge is 0.160 e. The highest BCUT2D eigenvalue weighted by atomic mass is 32.1. The minimum absolute atomic E-state index is 0.718. The molecule has 3 heterocycles. The summed E-state index contributed by atoms with van der Waals surface area (Å²) in [7, 11) is 0. The molecule has 3 nitrogen and oxygen atoms in total. The van der Waals surface area contributed by atoms with Crippen LogP contribution in [-0.2, 0) is 0 Å². The van der Waals surface area contributed by atoms with Crippen molar-refractivity contribution in [3.05, 3.63) is 188 Å². The maximum Gasteiger partial charge on any atom is 0.160 e. The molecule has 0 aliphatic rings. The minimum atomic E-state index is 0.718. The minimum Gasteiger partial charge on any atom is -0.309 e. The summed E-state index contributed by atoms with van der Waals surface area (Å²) in [6.45, 7) is 0. The predicted molar refractivity (Wildman–Crippen MR) is 229 cm³/mol. The quantitative estimate of drug-likeness (QED) is 0.178. The maximum atomic E-state index is 5.26. The third kappa shape index (κ3) is 5.03. The summed E-state index contributed by atoms with van der Waals surface area (Å²) in [5, 5.41) is 6.12. The molecule has 0 spiro atoms. The van der Waals surface area contributed by atoms with E-state index in [9.17, 15) is 0 Å². The Kier molecular flexibility index (Phi) is 7.04. The molecule has 8 aromatic carbocycles. The zero-order valence-electron chi connectivity index (χ0n) is 29.1. The fraction of sp³-hybridized carbons (Fsp3) is 0. The fourth-order valence-electron chi connectivity index (χ4n) is 7.98. The van der Waals surface area contributed by atoms with Crippen LogP contribution in [-0.4, -0.2) is 14.5 Å². The van der Waals surface area contributed by atoms with Crippen LogP contribution in [0.1, 0.15) is 0 Å². The SMILES string of the molecule is c1ccc(-c2nc(-c3ccc(-c4ccc5sc6ccccc6c5c4)cc3)nc3ccc(-c4ccc5c(c4)c4ccccc4n5-c4ccccc4)cc23)cc1. The summed E-state index contributed by atoms with van der Waals surface area (Å²) in [5.41, 5.74) is 12.1. The summed E-state index contributed by atoms with van der Waals surface area (Å²) in [5.74, 6) is 0.718. The van der Waals surface area contributed by atoms with Crippen molar-refractivity contribution < 1.29 is 0 Å². The molecule has 0 bridgehead atoms. The molecular formula is C50H31N3S. The second-order valence-electron chi connectivity index (χ2n) is 13.8. The van der Waals surface area contributed by atoms with Crippen LogP contribution < -0.4 is 0 Å². The van der Waals surface area contributed by atoms with Gasteiger partial charge in [0.2, 0.25) is 0 Å². The van der Waals surface area contributed by atoms with Crippen LogP contribution in [0.5, 0.6) is 0 Å². The largest absolute Gasteiger partial charge is 0.309 e. The van der Waals surface area contributed by atoms with Gasteiger partial charge in [-0.05, 0) is 82.9 Å². The molecule has 252 valence electrons. The van der Waals surface area contributed by atoms with E-state index in [-0.39, 0.29) is 0 Å². The van der Waals surface area contributed by atoms with E-state index in [1.807, 2.05) is 11.3 Å². The summed E-state index contributed by atoms with van der Waals surface area (Å²) in [6, 6.07) is 67.3. The summed E-state index contributed by atoms with van der Waals surface area (Å²) in [6.07, 6.45) is 0. The van der Waals surface area contributed by atoms with Crippen LogP contribution in [0.15, 0.2) is 188 Å². The first-order valence-electron chi connectivity index (χ1n) is 18.2. The van der Waals surface area contributed by atoms with Gasteiger partial charge in [0.15, 0.2) is 5.82 Å². The number of hydrogen-bond acceptors (Lipinski definition) is 3. The van der Waals surface area contributed by atoms with Gasteiger partial charge in [-0.3, -0.25) is 0 Å². The van der Waals surface area contributed by atoms with Crippen molar-refractivity contribution >= 4 is 64.2 Å². The Morgan fingerprint density at radius 3 is 1.76 bits per heavy atom. The van der Waals surface area contributed by atoms with Crippen molar-refractivity contribution in [3.8, 4) is 50.6 Å². The van der Waals surface area contributed by atoms with Crippen LogP contribution in [0.2, 0.25) is 0 Å². The zero-order chi connectivity index (χ0) is 35.6. The Balaban J connectivity index is 1.01. The molecule has 3 aromatic heterocycles. The van der Waals surface area contributed by atoms with Crippen molar-refractivity contribution in [2.45, 2.75) is 0 Å². The van der Waals surface area contributed by atoms with Gasteiger partial charge in [0.25, 0.3) is 0 Å². The summed E-state index contributed by atoms with van der Waals surface area (Å²) in [4.78, 5) is 10.4. The molecular weight excluding hydrogens is 675 g/mol. The Morgan fingerprint density at radius 1 is 0.352 bits per heavy atom. The molecule has 11 rings (SSSR count). The Bertz CT molecular complexity index is 3200. The second-order valence-corrected chi connectivity index (χ2v) is 14.9. The van der Waals surface area contributed by atoms with E-state index in [0.717, 1.165) is 50.4 Å². The van der Waals surface area contributed by atoms with E-state index < -0.39 is 0 Å². The van der Waals surface area contributed by atoms with Gasteiger partial charge in [0.1, 0.15) is 0 Å². The molecule has 11 aromatic rings. The monoisotopic (exact) mass is 705 g/mol. The van der Waals surface area contributed by atoms with Gasteiger partial charge in [0.05, 0.1) is 22.2 Å². The standard InChI is InChI=1S/C50H31N3S/c1-3-11-33(12-4-1)49-43-31-36(37-24-27-46-41(29-37)39-15-7-9-17-45(39)53(46)38-13-5-2-6-14-38)23-26-44(43)51-50(52-49)34-21-19-32(20-22-34)35-25-28-48-42(30-35)40-16-8-10-18-47(40)54-48/h1-31H. The molecule has 0 amide bonds. The van der Waals surface area contributed by atoms with E-state index in [4.69, 9.17) is 9.97 Å². The van der Waals surface area contributed by atoms with Crippen LogP contribution in [0.3, 0.4) is 0 Å². The molecule has 0 aliphatic carbocycles. The third-order valence-electron chi connectivity index (χ3n) is 10.6. The first-order chi connectivity index (χ1) is 26.7. The van der Waals surface area contributed by atoms with E-state index >= 15 is 0 Å². The van der Waals surface area contributed by atoms with Gasteiger partial charge < -0.3 is 4.57 Å². The fourth-order valence-corrected chi connectivity index (χ4v) is 9.06. The highest BCUT2D eigenvalue weighted by Gasteiger charge is 2.16. The lowest BCUT2D eigenvalue weighted by molar-refractivity contribution is 1.18. The van der Waals surface area contributed by atoms with E-state index in [1.165, 1.54) is 53.1 Å². The van der Waals surface area contributed by atoms with Crippen LogP contribution in [0, 0.1) is 0 Å². The van der Waals surface area contributed by atoms with Crippen molar-refractivity contribution in [2.75, 3.05) is 0 Å². The van der Waals surface area contributed by atoms with Crippen molar-refractivity contribution in [2.24, 2.45) is 0 Å². The van der Waals surface area contributed by atoms with Gasteiger partial charge in [-0.25, -0.2) is 9.97 Å². The topological polar surface area (TPSA) is 30.7 Å². The molecule has 4 heteroatoms. The number of fused-ring (bicyclic) bond motifs is 7. The van der Waals surface area contributed by atoms with Crippen LogP contribution >= 0.6 is 11.3 Å². The van der Waals surface area contributed by atoms with Crippen LogP contribution in [0.25, 0.3) is 103 Å². The average Bonchev–Trinajstić information content (AvgIpc) is 3.79. The van der Waals surface area contributed by atoms with Crippen molar-refractivity contribution in [1.82, 2.24) is 14.5 Å². The number of aromatic nitrogens is 3. The Labute approximate surface area is 316 Å². The molecule has 0 fully saturated rings. The van der Waals surface area contributed by atoms with Gasteiger partial charge in [-0.2, -0.15) is 0 Å². The third-order valence-corrected chi connectivity index (χ3v) is 11.8. The van der Waals surface area contributed by atoms with Gasteiger partial charge in [-0.15, -0.1) is 11.3 Å². The highest BCUT2D eigenvalue weighted by molar-refractivity contribution is 7.25. The number of thiophene rings is 1. The number of nitrogens with zero attached hydrogens (tertiary/aromatic N) is 3.